The first kappa shape index (κ1) is 17.7. The Hall–Kier alpha value is -1.41. The second-order valence-corrected chi connectivity index (χ2v) is 8.20. The third kappa shape index (κ3) is 4.06. The molecule has 2 aliphatic heterocycles. The lowest BCUT2D eigenvalue weighted by Crippen LogP contribution is -2.46. The van der Waals surface area contributed by atoms with Crippen molar-refractivity contribution in [3.05, 3.63) is 17.1 Å². The number of anilines is 1. The summed E-state index contributed by atoms with van der Waals surface area (Å²) in [6, 6.07) is 2.02. The number of rotatable bonds is 5. The Balaban J connectivity index is 1.29. The molecule has 1 saturated carbocycles. The van der Waals surface area contributed by atoms with Crippen molar-refractivity contribution in [2.24, 2.45) is 5.92 Å². The number of morpholine rings is 1. The van der Waals surface area contributed by atoms with Crippen molar-refractivity contribution in [3.63, 3.8) is 0 Å². The van der Waals surface area contributed by atoms with Gasteiger partial charge in [-0.05, 0) is 30.4 Å². The predicted molar refractivity (Wildman–Crippen MR) is 104 cm³/mol. The molecule has 3 fully saturated rings. The Bertz CT molecular complexity index is 795. The van der Waals surface area contributed by atoms with Crippen LogP contribution in [0.4, 0.5) is 5.82 Å². The number of hydrogen-bond donors (Lipinski definition) is 0. The summed E-state index contributed by atoms with van der Waals surface area (Å²) in [4.78, 5) is 16.1. The number of piperazine rings is 1. The molecule has 4 heterocycles. The number of nitrogens with zero attached hydrogens (tertiary/aromatic N) is 5. The zero-order valence-electron chi connectivity index (χ0n) is 15.6. The fraction of sp³-hybridized carbons (Fsp3) is 0.684. The maximum Gasteiger partial charge on any atom is 0.225 e. The Kier molecular flexibility index (Phi) is 4.94. The van der Waals surface area contributed by atoms with Gasteiger partial charge in [0.2, 0.25) is 5.28 Å². The summed E-state index contributed by atoms with van der Waals surface area (Å²) in [6.07, 6.45) is 2.85. The van der Waals surface area contributed by atoms with Crippen LogP contribution in [0.3, 0.4) is 0 Å². The minimum atomic E-state index is 0.269. The second kappa shape index (κ2) is 7.54. The Morgan fingerprint density at radius 2 is 1.74 bits per heavy atom. The monoisotopic (exact) mass is 391 g/mol. The van der Waals surface area contributed by atoms with Crippen LogP contribution in [-0.2, 0) is 11.3 Å². The van der Waals surface area contributed by atoms with Gasteiger partial charge in [-0.15, -0.1) is 0 Å². The van der Waals surface area contributed by atoms with Gasteiger partial charge in [-0.3, -0.25) is 4.90 Å². The average molecular weight is 392 g/mol. The zero-order valence-corrected chi connectivity index (χ0v) is 16.3. The van der Waals surface area contributed by atoms with Crippen LogP contribution < -0.4 is 4.90 Å². The van der Waals surface area contributed by atoms with Crippen molar-refractivity contribution in [2.45, 2.75) is 19.4 Å². The molecule has 146 valence electrons. The fourth-order valence-corrected chi connectivity index (χ4v) is 4.19. The molecule has 0 spiro atoms. The SMILES string of the molecule is Clc1nc(N2CCOCC2)c2oc(CN3CCN(CC4CC4)CC3)cc2n1. The highest BCUT2D eigenvalue weighted by Crippen LogP contribution is 2.31. The lowest BCUT2D eigenvalue weighted by molar-refractivity contribution is 0.118. The van der Waals surface area contributed by atoms with Crippen LogP contribution in [0, 0.1) is 5.92 Å². The molecule has 5 rings (SSSR count). The normalized spacial score (nSPS) is 22.6. The van der Waals surface area contributed by atoms with E-state index in [-0.39, 0.29) is 5.28 Å². The number of ether oxygens (including phenoxy) is 1. The third-order valence-electron chi connectivity index (χ3n) is 5.75. The summed E-state index contributed by atoms with van der Waals surface area (Å²) < 4.78 is 11.6. The van der Waals surface area contributed by atoms with E-state index >= 15 is 0 Å². The van der Waals surface area contributed by atoms with Crippen molar-refractivity contribution in [1.29, 1.82) is 0 Å². The number of fused-ring (bicyclic) bond motifs is 1. The van der Waals surface area contributed by atoms with Crippen LogP contribution in [-0.4, -0.2) is 78.8 Å². The maximum atomic E-state index is 6.19. The van der Waals surface area contributed by atoms with E-state index in [4.69, 9.17) is 20.8 Å². The minimum Gasteiger partial charge on any atom is -0.454 e. The largest absolute Gasteiger partial charge is 0.454 e. The van der Waals surface area contributed by atoms with Crippen molar-refractivity contribution < 1.29 is 9.15 Å². The van der Waals surface area contributed by atoms with Gasteiger partial charge in [0.1, 0.15) is 11.3 Å². The molecule has 0 amide bonds. The highest BCUT2D eigenvalue weighted by molar-refractivity contribution is 6.28. The number of aromatic nitrogens is 2. The van der Waals surface area contributed by atoms with Gasteiger partial charge in [-0.1, -0.05) is 0 Å². The van der Waals surface area contributed by atoms with Gasteiger partial charge in [0, 0.05) is 51.9 Å². The van der Waals surface area contributed by atoms with Gasteiger partial charge < -0.3 is 19.0 Å². The molecule has 7 nitrogen and oxygen atoms in total. The Labute approximate surface area is 164 Å². The summed E-state index contributed by atoms with van der Waals surface area (Å²) in [5, 5.41) is 0.269. The number of hydrogen-bond acceptors (Lipinski definition) is 7. The number of halogens is 1. The average Bonchev–Trinajstić information content (AvgIpc) is 3.41. The topological polar surface area (TPSA) is 57.9 Å². The molecule has 8 heteroatoms. The predicted octanol–water partition coefficient (Wildman–Crippen LogP) is 2.24. The van der Waals surface area contributed by atoms with Gasteiger partial charge in [-0.2, -0.15) is 4.98 Å². The molecule has 27 heavy (non-hydrogen) atoms. The first-order chi connectivity index (χ1) is 13.2. The van der Waals surface area contributed by atoms with Crippen molar-refractivity contribution in [2.75, 3.05) is 63.9 Å². The molecule has 3 aliphatic rings. The van der Waals surface area contributed by atoms with Crippen molar-refractivity contribution in [3.8, 4) is 0 Å². The molecule has 2 aromatic rings. The van der Waals surface area contributed by atoms with Crippen LogP contribution in [0.15, 0.2) is 10.5 Å². The van der Waals surface area contributed by atoms with E-state index in [2.05, 4.69) is 24.7 Å². The van der Waals surface area contributed by atoms with Crippen LogP contribution in [0.1, 0.15) is 18.6 Å². The summed E-state index contributed by atoms with van der Waals surface area (Å²) in [6.45, 7) is 9.57. The molecule has 0 atom stereocenters. The Morgan fingerprint density at radius 3 is 2.48 bits per heavy atom. The standard InChI is InChI=1S/C19H26ClN5O2/c20-19-21-16-11-15(13-24-5-3-23(4-6-24)12-14-1-2-14)27-17(16)18(22-19)25-7-9-26-10-8-25/h11,14H,1-10,12-13H2. The van der Waals surface area contributed by atoms with E-state index in [1.54, 1.807) is 0 Å². The molecular formula is C19H26ClN5O2. The van der Waals surface area contributed by atoms with Crippen LogP contribution in [0.25, 0.3) is 11.1 Å². The fourth-order valence-electron chi connectivity index (χ4n) is 4.02. The lowest BCUT2D eigenvalue weighted by atomic mass is 10.2. The third-order valence-corrected chi connectivity index (χ3v) is 5.91. The minimum absolute atomic E-state index is 0.269. The molecule has 0 bridgehead atoms. The summed E-state index contributed by atoms with van der Waals surface area (Å²) >= 11 is 6.17. The van der Waals surface area contributed by atoms with Gasteiger partial charge in [0.15, 0.2) is 11.4 Å². The van der Waals surface area contributed by atoms with Crippen LogP contribution in [0.2, 0.25) is 5.28 Å². The van der Waals surface area contributed by atoms with Gasteiger partial charge >= 0.3 is 0 Å². The zero-order chi connectivity index (χ0) is 18.2. The van der Waals surface area contributed by atoms with Gasteiger partial charge in [-0.25, -0.2) is 4.98 Å². The van der Waals surface area contributed by atoms with Crippen molar-refractivity contribution in [1.82, 2.24) is 19.8 Å². The molecule has 2 aromatic heterocycles. The second-order valence-electron chi connectivity index (χ2n) is 7.86. The highest BCUT2D eigenvalue weighted by atomic mass is 35.5. The molecule has 0 unspecified atom stereocenters. The van der Waals surface area contributed by atoms with Gasteiger partial charge in [0.05, 0.1) is 19.8 Å². The molecule has 0 aromatic carbocycles. The highest BCUT2D eigenvalue weighted by Gasteiger charge is 2.27. The first-order valence-electron chi connectivity index (χ1n) is 9.98. The van der Waals surface area contributed by atoms with E-state index in [1.165, 1.54) is 19.4 Å². The number of furan rings is 1. The van der Waals surface area contributed by atoms with Gasteiger partial charge in [0.25, 0.3) is 0 Å². The van der Waals surface area contributed by atoms with Crippen LogP contribution >= 0.6 is 11.6 Å². The molecule has 0 N–H and O–H groups in total. The first-order valence-corrected chi connectivity index (χ1v) is 10.4. The quantitative estimate of drug-likeness (QED) is 0.724. The Morgan fingerprint density at radius 1 is 1.00 bits per heavy atom. The van der Waals surface area contributed by atoms with E-state index in [9.17, 15) is 0 Å². The van der Waals surface area contributed by atoms with E-state index < -0.39 is 0 Å². The molecule has 0 radical (unpaired) electrons. The summed E-state index contributed by atoms with van der Waals surface area (Å²) in [7, 11) is 0. The smallest absolute Gasteiger partial charge is 0.225 e. The van der Waals surface area contributed by atoms with Crippen molar-refractivity contribution >= 4 is 28.5 Å². The lowest BCUT2D eigenvalue weighted by Gasteiger charge is -2.34. The van der Waals surface area contributed by atoms with Crippen LogP contribution in [0.5, 0.6) is 0 Å². The summed E-state index contributed by atoms with van der Waals surface area (Å²) in [5.41, 5.74) is 1.53. The molecule has 2 saturated heterocycles. The maximum absolute atomic E-state index is 6.19. The van der Waals surface area contributed by atoms with E-state index in [0.29, 0.717) is 13.2 Å². The van der Waals surface area contributed by atoms with E-state index in [0.717, 1.165) is 74.4 Å². The molecular weight excluding hydrogens is 366 g/mol. The molecule has 1 aliphatic carbocycles. The van der Waals surface area contributed by atoms with E-state index in [1.807, 2.05) is 6.07 Å². The summed E-state index contributed by atoms with van der Waals surface area (Å²) in [5.74, 6) is 2.69.